The summed E-state index contributed by atoms with van der Waals surface area (Å²) in [6.07, 6.45) is 4.55. The Morgan fingerprint density at radius 3 is 2.79 bits per heavy atom. The lowest BCUT2D eigenvalue weighted by Crippen LogP contribution is -2.26. The molecule has 19 heavy (non-hydrogen) atoms. The van der Waals surface area contributed by atoms with Crippen molar-refractivity contribution >= 4 is 17.1 Å². The minimum Gasteiger partial charge on any atom is -0.369 e. The third kappa shape index (κ3) is 2.10. The third-order valence-corrected chi connectivity index (χ3v) is 3.96. The topological polar surface area (TPSA) is 126 Å². The maximum Gasteiger partial charge on any atom is 0.278 e. The van der Waals surface area contributed by atoms with Crippen molar-refractivity contribution in [3.63, 3.8) is 0 Å². The number of hydrogen-bond acceptors (Lipinski definition) is 5. The zero-order valence-electron chi connectivity index (χ0n) is 10.6. The highest BCUT2D eigenvalue weighted by molar-refractivity contribution is 5.70. The minimum atomic E-state index is -0.277. The minimum absolute atomic E-state index is 0.0922. The average molecular weight is 262 g/mol. The van der Waals surface area contributed by atoms with Crippen LogP contribution in [0.5, 0.6) is 0 Å². The molecule has 2 atom stereocenters. The first kappa shape index (κ1) is 12.2. The lowest BCUT2D eigenvalue weighted by Gasteiger charge is -2.28. The molecule has 1 aliphatic rings. The predicted molar refractivity (Wildman–Crippen MR) is 72.7 cm³/mol. The molecule has 2 heterocycles. The van der Waals surface area contributed by atoms with E-state index in [0.29, 0.717) is 23.6 Å². The highest BCUT2D eigenvalue weighted by Gasteiger charge is 2.28. The molecule has 0 amide bonds. The number of aromatic nitrogens is 4. The summed E-state index contributed by atoms with van der Waals surface area (Å²) >= 11 is 0. The fraction of sp³-hybridized carbons (Fsp3) is 0.583. The molecule has 2 aromatic rings. The molecule has 0 spiro atoms. The van der Waals surface area contributed by atoms with Crippen molar-refractivity contribution in [1.82, 2.24) is 19.9 Å². The first-order valence-electron chi connectivity index (χ1n) is 6.64. The van der Waals surface area contributed by atoms with Crippen LogP contribution >= 0.6 is 0 Å². The zero-order chi connectivity index (χ0) is 13.4. The Bertz CT molecular complexity index is 645. The van der Waals surface area contributed by atoms with Crippen molar-refractivity contribution in [3.8, 4) is 0 Å². The van der Waals surface area contributed by atoms with Crippen LogP contribution in [-0.4, -0.2) is 26.5 Å². The summed E-state index contributed by atoms with van der Waals surface area (Å²) < 4.78 is 0. The molecule has 7 nitrogen and oxygen atoms in total. The molecule has 6 N–H and O–H groups in total. The Balaban J connectivity index is 2.05. The molecule has 0 saturated heterocycles. The van der Waals surface area contributed by atoms with Gasteiger partial charge in [-0.05, 0) is 25.3 Å². The highest BCUT2D eigenvalue weighted by Crippen LogP contribution is 2.36. The Morgan fingerprint density at radius 1 is 1.21 bits per heavy atom. The second-order valence-corrected chi connectivity index (χ2v) is 5.16. The highest BCUT2D eigenvalue weighted by atomic mass is 16.1. The van der Waals surface area contributed by atoms with E-state index in [1.54, 1.807) is 0 Å². The van der Waals surface area contributed by atoms with Gasteiger partial charge in [-0.2, -0.15) is 4.98 Å². The van der Waals surface area contributed by atoms with Gasteiger partial charge in [0.2, 0.25) is 5.95 Å². The van der Waals surface area contributed by atoms with Gasteiger partial charge >= 0.3 is 0 Å². The van der Waals surface area contributed by atoms with Gasteiger partial charge in [0.05, 0.1) is 0 Å². The summed E-state index contributed by atoms with van der Waals surface area (Å²) in [4.78, 5) is 25.8. The quantitative estimate of drug-likeness (QED) is 0.625. The molecule has 0 aliphatic heterocycles. The summed E-state index contributed by atoms with van der Waals surface area (Å²) in [5.74, 6) is 1.61. The maximum atomic E-state index is 11.8. The van der Waals surface area contributed by atoms with E-state index < -0.39 is 0 Å². The van der Waals surface area contributed by atoms with E-state index in [0.717, 1.165) is 18.7 Å². The number of rotatable bonds is 2. The van der Waals surface area contributed by atoms with Gasteiger partial charge in [0.1, 0.15) is 5.82 Å². The number of nitrogens with zero attached hydrogens (tertiary/aromatic N) is 2. The van der Waals surface area contributed by atoms with Gasteiger partial charge in [0, 0.05) is 5.92 Å². The summed E-state index contributed by atoms with van der Waals surface area (Å²) in [6.45, 7) is 0.646. The van der Waals surface area contributed by atoms with Crippen molar-refractivity contribution in [3.05, 3.63) is 16.2 Å². The van der Waals surface area contributed by atoms with E-state index in [1.165, 1.54) is 12.8 Å². The number of fused-ring (bicyclic) bond motifs is 1. The first-order valence-corrected chi connectivity index (χ1v) is 6.64. The Hall–Kier alpha value is -1.89. The van der Waals surface area contributed by atoms with E-state index >= 15 is 0 Å². The summed E-state index contributed by atoms with van der Waals surface area (Å²) in [5.41, 5.74) is 11.9. The van der Waals surface area contributed by atoms with Crippen LogP contribution in [-0.2, 0) is 0 Å². The number of aromatic amines is 2. The van der Waals surface area contributed by atoms with Crippen LogP contribution in [0.4, 0.5) is 5.95 Å². The first-order chi connectivity index (χ1) is 9.19. The molecule has 0 bridgehead atoms. The second-order valence-electron chi connectivity index (χ2n) is 5.16. The normalized spacial score (nSPS) is 23.8. The van der Waals surface area contributed by atoms with Crippen molar-refractivity contribution < 1.29 is 0 Å². The van der Waals surface area contributed by atoms with E-state index in [9.17, 15) is 4.79 Å². The predicted octanol–water partition coefficient (Wildman–Crippen LogP) is 0.461. The van der Waals surface area contributed by atoms with Gasteiger partial charge < -0.3 is 16.5 Å². The zero-order valence-corrected chi connectivity index (χ0v) is 10.6. The summed E-state index contributed by atoms with van der Waals surface area (Å²) in [6, 6.07) is 0. The molecule has 3 rings (SSSR count). The van der Waals surface area contributed by atoms with E-state index in [-0.39, 0.29) is 17.4 Å². The SMILES string of the molecule is NCC1CCCCC1c1nc2nc(N)[nH]c(=O)c2[nH]1. The molecule has 1 fully saturated rings. The Labute approximate surface area is 109 Å². The van der Waals surface area contributed by atoms with Crippen LogP contribution in [0, 0.1) is 5.92 Å². The number of anilines is 1. The standard InChI is InChI=1S/C12H18N6O/c13-5-6-3-1-2-4-7(6)9-15-8-10(16-9)17-12(14)18-11(8)19/h6-7H,1-5,13H2,(H4,14,15,16,17,18,19). The van der Waals surface area contributed by atoms with E-state index in [2.05, 4.69) is 19.9 Å². The number of imidazole rings is 1. The van der Waals surface area contributed by atoms with Crippen LogP contribution in [0.1, 0.15) is 37.4 Å². The number of hydrogen-bond donors (Lipinski definition) is 4. The number of H-pyrrole nitrogens is 2. The average Bonchev–Trinajstić information content (AvgIpc) is 2.82. The molecule has 2 aromatic heterocycles. The number of nitrogens with one attached hydrogen (secondary N) is 2. The maximum absolute atomic E-state index is 11.8. The molecule has 102 valence electrons. The van der Waals surface area contributed by atoms with Gasteiger partial charge in [0.25, 0.3) is 5.56 Å². The molecule has 2 unspecified atom stereocenters. The molecule has 0 aromatic carbocycles. The summed E-state index contributed by atoms with van der Waals surface area (Å²) in [7, 11) is 0. The van der Waals surface area contributed by atoms with Crippen molar-refractivity contribution in [2.24, 2.45) is 11.7 Å². The van der Waals surface area contributed by atoms with E-state index in [1.807, 2.05) is 0 Å². The van der Waals surface area contributed by atoms with Crippen LogP contribution in [0.25, 0.3) is 11.2 Å². The number of nitrogens with two attached hydrogens (primary N) is 2. The van der Waals surface area contributed by atoms with Gasteiger partial charge in [-0.15, -0.1) is 0 Å². The lowest BCUT2D eigenvalue weighted by molar-refractivity contribution is 0.306. The van der Waals surface area contributed by atoms with E-state index in [4.69, 9.17) is 11.5 Å². The molecular weight excluding hydrogens is 244 g/mol. The van der Waals surface area contributed by atoms with Gasteiger partial charge in [-0.3, -0.25) is 9.78 Å². The van der Waals surface area contributed by atoms with Crippen molar-refractivity contribution in [2.75, 3.05) is 12.3 Å². The molecule has 1 saturated carbocycles. The third-order valence-electron chi connectivity index (χ3n) is 3.96. The van der Waals surface area contributed by atoms with Crippen LogP contribution in [0.15, 0.2) is 4.79 Å². The monoisotopic (exact) mass is 262 g/mol. The summed E-state index contributed by atoms with van der Waals surface area (Å²) in [5, 5.41) is 0. The Kier molecular flexibility index (Phi) is 2.98. The Morgan fingerprint density at radius 2 is 2.00 bits per heavy atom. The van der Waals surface area contributed by atoms with Crippen LogP contribution in [0.3, 0.4) is 0 Å². The lowest BCUT2D eigenvalue weighted by atomic mass is 9.79. The van der Waals surface area contributed by atoms with Crippen molar-refractivity contribution in [1.29, 1.82) is 0 Å². The fourth-order valence-electron chi connectivity index (χ4n) is 2.97. The molecule has 1 aliphatic carbocycles. The van der Waals surface area contributed by atoms with Crippen molar-refractivity contribution in [2.45, 2.75) is 31.6 Å². The molecule has 7 heteroatoms. The smallest absolute Gasteiger partial charge is 0.278 e. The molecule has 0 radical (unpaired) electrons. The van der Waals surface area contributed by atoms with Gasteiger partial charge in [-0.25, -0.2) is 4.98 Å². The van der Waals surface area contributed by atoms with Crippen LogP contribution in [0.2, 0.25) is 0 Å². The fourth-order valence-corrected chi connectivity index (χ4v) is 2.97. The van der Waals surface area contributed by atoms with Gasteiger partial charge in [-0.1, -0.05) is 12.8 Å². The largest absolute Gasteiger partial charge is 0.369 e. The second kappa shape index (κ2) is 4.65. The van der Waals surface area contributed by atoms with Crippen LogP contribution < -0.4 is 17.0 Å². The number of nitrogen functional groups attached to an aromatic ring is 1. The molecular formula is C12H18N6O. The van der Waals surface area contributed by atoms with Gasteiger partial charge in [0.15, 0.2) is 11.2 Å².